The maximum absolute atomic E-state index is 12.2. The van der Waals surface area contributed by atoms with E-state index in [9.17, 15) is 4.79 Å². The fraction of sp³-hybridized carbons (Fsp3) is 0.333. The number of imidazole rings is 1. The van der Waals surface area contributed by atoms with Crippen molar-refractivity contribution in [3.05, 3.63) is 54.2 Å². The van der Waals surface area contributed by atoms with E-state index in [0.29, 0.717) is 18.0 Å². The monoisotopic (exact) mass is 310 g/mol. The van der Waals surface area contributed by atoms with Crippen molar-refractivity contribution in [2.75, 3.05) is 6.54 Å². The van der Waals surface area contributed by atoms with Gasteiger partial charge in [-0.1, -0.05) is 19.9 Å². The number of benzene rings is 1. The lowest BCUT2D eigenvalue weighted by atomic mass is 10.1. The fourth-order valence-electron chi connectivity index (χ4n) is 2.75. The number of hydrogen-bond acceptors (Lipinski definition) is 2. The highest BCUT2D eigenvalue weighted by Gasteiger charge is 2.08. The maximum atomic E-state index is 12.2. The fourth-order valence-corrected chi connectivity index (χ4v) is 2.75. The molecule has 0 fully saturated rings. The van der Waals surface area contributed by atoms with Crippen molar-refractivity contribution in [3.63, 3.8) is 0 Å². The summed E-state index contributed by atoms with van der Waals surface area (Å²) in [6, 6.07) is 7.70. The van der Waals surface area contributed by atoms with E-state index in [1.54, 1.807) is 0 Å². The summed E-state index contributed by atoms with van der Waals surface area (Å²) in [6.45, 7) is 5.79. The Bertz CT molecular complexity index is 800. The molecule has 5 heteroatoms. The second-order valence-corrected chi connectivity index (χ2v) is 6.02. The van der Waals surface area contributed by atoms with Crippen molar-refractivity contribution in [1.82, 2.24) is 19.9 Å². The van der Waals surface area contributed by atoms with Crippen molar-refractivity contribution in [3.8, 4) is 0 Å². The molecule has 0 saturated heterocycles. The zero-order valence-electron chi connectivity index (χ0n) is 13.5. The van der Waals surface area contributed by atoms with Crippen molar-refractivity contribution in [2.45, 2.75) is 32.7 Å². The van der Waals surface area contributed by atoms with Crippen LogP contribution in [-0.2, 0) is 6.54 Å². The predicted octanol–water partition coefficient (Wildman–Crippen LogP) is 3.31. The first-order chi connectivity index (χ1) is 11.1. The summed E-state index contributed by atoms with van der Waals surface area (Å²) in [6.07, 6.45) is 6.59. The lowest BCUT2D eigenvalue weighted by molar-refractivity contribution is 0.0953. The zero-order valence-corrected chi connectivity index (χ0v) is 13.5. The summed E-state index contributed by atoms with van der Waals surface area (Å²) < 4.78 is 2.15. The van der Waals surface area contributed by atoms with Crippen molar-refractivity contribution < 1.29 is 4.79 Å². The van der Waals surface area contributed by atoms with Crippen LogP contribution in [0.25, 0.3) is 10.9 Å². The topological polar surface area (TPSA) is 62.7 Å². The lowest BCUT2D eigenvalue weighted by Gasteiger charge is -2.10. The number of aromatic amines is 1. The van der Waals surface area contributed by atoms with Gasteiger partial charge in [-0.15, -0.1) is 0 Å². The number of carbonyl (C=O) groups excluding carboxylic acids is 1. The second kappa shape index (κ2) is 6.69. The Morgan fingerprint density at radius 1 is 1.35 bits per heavy atom. The van der Waals surface area contributed by atoms with Gasteiger partial charge in [0.25, 0.3) is 5.91 Å². The van der Waals surface area contributed by atoms with Crippen LogP contribution in [0.3, 0.4) is 0 Å². The van der Waals surface area contributed by atoms with Gasteiger partial charge in [-0.3, -0.25) is 4.79 Å². The first kappa shape index (κ1) is 15.3. The van der Waals surface area contributed by atoms with Gasteiger partial charge < -0.3 is 14.9 Å². The van der Waals surface area contributed by atoms with Crippen LogP contribution >= 0.6 is 0 Å². The van der Waals surface area contributed by atoms with Crippen molar-refractivity contribution in [2.24, 2.45) is 0 Å². The van der Waals surface area contributed by atoms with E-state index in [-0.39, 0.29) is 5.91 Å². The number of aryl methyl sites for hydroxylation is 1. The predicted molar refractivity (Wildman–Crippen MR) is 91.6 cm³/mol. The van der Waals surface area contributed by atoms with Crippen LogP contribution in [0.15, 0.2) is 42.9 Å². The Balaban J connectivity index is 1.52. The molecule has 1 aromatic carbocycles. The molecule has 0 aliphatic carbocycles. The average Bonchev–Trinajstić information content (AvgIpc) is 3.19. The van der Waals surface area contributed by atoms with E-state index in [2.05, 4.69) is 33.7 Å². The molecule has 2 aromatic heterocycles. The highest BCUT2D eigenvalue weighted by molar-refractivity contribution is 5.97. The molecule has 0 aliphatic heterocycles. The molecule has 0 spiro atoms. The zero-order chi connectivity index (χ0) is 16.2. The summed E-state index contributed by atoms with van der Waals surface area (Å²) in [5, 5.41) is 4.09. The SMILES string of the molecule is CC(C)c1nccn1CCCNC(=O)c1ccc2cc[nH]c2c1. The largest absolute Gasteiger partial charge is 0.361 e. The van der Waals surface area contributed by atoms with E-state index in [1.165, 1.54) is 0 Å². The third kappa shape index (κ3) is 3.44. The minimum Gasteiger partial charge on any atom is -0.361 e. The number of H-pyrrole nitrogens is 1. The molecule has 0 unspecified atom stereocenters. The normalized spacial score (nSPS) is 11.3. The molecule has 1 amide bonds. The molecular weight excluding hydrogens is 288 g/mol. The van der Waals surface area contributed by atoms with E-state index < -0.39 is 0 Å². The van der Waals surface area contributed by atoms with E-state index in [0.717, 1.165) is 29.7 Å². The number of aromatic nitrogens is 3. The molecule has 0 atom stereocenters. The van der Waals surface area contributed by atoms with Gasteiger partial charge in [-0.25, -0.2) is 4.98 Å². The smallest absolute Gasteiger partial charge is 0.251 e. The van der Waals surface area contributed by atoms with Crippen LogP contribution in [0.4, 0.5) is 0 Å². The summed E-state index contributed by atoms with van der Waals surface area (Å²) in [4.78, 5) is 19.7. The van der Waals surface area contributed by atoms with Gasteiger partial charge >= 0.3 is 0 Å². The molecule has 5 nitrogen and oxygen atoms in total. The molecule has 0 aliphatic rings. The quantitative estimate of drug-likeness (QED) is 0.686. The van der Waals surface area contributed by atoms with Crippen LogP contribution < -0.4 is 5.32 Å². The summed E-state index contributed by atoms with van der Waals surface area (Å²) in [5.41, 5.74) is 1.67. The summed E-state index contributed by atoms with van der Waals surface area (Å²) in [5.74, 6) is 1.47. The molecule has 0 saturated carbocycles. The van der Waals surface area contributed by atoms with Gasteiger partial charge in [-0.05, 0) is 30.0 Å². The molecule has 0 radical (unpaired) electrons. The van der Waals surface area contributed by atoms with Gasteiger partial charge in [0.2, 0.25) is 0 Å². The van der Waals surface area contributed by atoms with E-state index >= 15 is 0 Å². The van der Waals surface area contributed by atoms with Crippen LogP contribution in [-0.4, -0.2) is 27.0 Å². The Morgan fingerprint density at radius 3 is 3.04 bits per heavy atom. The minimum absolute atomic E-state index is 0.0313. The standard InChI is InChI=1S/C18H22N4O/c1-13(2)17-20-9-11-22(17)10-3-7-21-18(23)15-5-4-14-6-8-19-16(14)12-15/h4-6,8-9,11-13,19H,3,7,10H2,1-2H3,(H,21,23). The number of rotatable bonds is 6. The third-order valence-electron chi connectivity index (χ3n) is 3.94. The number of fused-ring (bicyclic) bond motifs is 1. The number of nitrogens with zero attached hydrogens (tertiary/aromatic N) is 2. The maximum Gasteiger partial charge on any atom is 0.251 e. The van der Waals surface area contributed by atoms with Gasteiger partial charge in [0.15, 0.2) is 0 Å². The Hall–Kier alpha value is -2.56. The number of hydrogen-bond donors (Lipinski definition) is 2. The van der Waals surface area contributed by atoms with Crippen LogP contribution in [0.2, 0.25) is 0 Å². The Morgan fingerprint density at radius 2 is 2.22 bits per heavy atom. The van der Waals surface area contributed by atoms with Gasteiger partial charge in [0.05, 0.1) is 0 Å². The molecule has 2 N–H and O–H groups in total. The van der Waals surface area contributed by atoms with Gasteiger partial charge in [0, 0.05) is 48.7 Å². The molecule has 23 heavy (non-hydrogen) atoms. The molecule has 3 aromatic rings. The van der Waals surface area contributed by atoms with Crippen LogP contribution in [0.1, 0.15) is 42.4 Å². The summed E-state index contributed by atoms with van der Waals surface area (Å²) >= 11 is 0. The van der Waals surface area contributed by atoms with E-state index in [1.807, 2.05) is 42.9 Å². The van der Waals surface area contributed by atoms with Crippen molar-refractivity contribution >= 4 is 16.8 Å². The second-order valence-electron chi connectivity index (χ2n) is 6.02. The minimum atomic E-state index is -0.0313. The average molecular weight is 310 g/mol. The molecule has 120 valence electrons. The summed E-state index contributed by atoms with van der Waals surface area (Å²) in [7, 11) is 0. The van der Waals surface area contributed by atoms with Crippen LogP contribution in [0, 0.1) is 0 Å². The lowest BCUT2D eigenvalue weighted by Crippen LogP contribution is -2.25. The highest BCUT2D eigenvalue weighted by Crippen LogP contribution is 2.14. The van der Waals surface area contributed by atoms with E-state index in [4.69, 9.17) is 0 Å². The number of amides is 1. The first-order valence-electron chi connectivity index (χ1n) is 8.01. The third-order valence-corrected chi connectivity index (χ3v) is 3.94. The highest BCUT2D eigenvalue weighted by atomic mass is 16.1. The Kier molecular flexibility index (Phi) is 4.46. The van der Waals surface area contributed by atoms with Gasteiger partial charge in [-0.2, -0.15) is 0 Å². The van der Waals surface area contributed by atoms with Crippen LogP contribution in [0.5, 0.6) is 0 Å². The first-order valence-corrected chi connectivity index (χ1v) is 8.01. The molecule has 0 bridgehead atoms. The number of nitrogens with one attached hydrogen (secondary N) is 2. The number of carbonyl (C=O) groups is 1. The van der Waals surface area contributed by atoms with Crippen molar-refractivity contribution in [1.29, 1.82) is 0 Å². The Labute approximate surface area is 135 Å². The molecule has 2 heterocycles. The van der Waals surface area contributed by atoms with Gasteiger partial charge in [0.1, 0.15) is 5.82 Å². The molecule has 3 rings (SSSR count). The molecular formula is C18H22N4O.